The van der Waals surface area contributed by atoms with Crippen LogP contribution in [0.1, 0.15) is 49.1 Å². The number of alkyl carbamates (subject to hydrolysis) is 1. The summed E-state index contributed by atoms with van der Waals surface area (Å²) in [4.78, 5) is 36.2. The molecule has 0 spiro atoms. The molecule has 0 fully saturated rings. The van der Waals surface area contributed by atoms with E-state index in [2.05, 4.69) is 35.5 Å². The Morgan fingerprint density at radius 2 is 1.59 bits per heavy atom. The predicted molar refractivity (Wildman–Crippen MR) is 129 cm³/mol. The lowest BCUT2D eigenvalue weighted by molar-refractivity contribution is -0.144. The molecule has 0 unspecified atom stereocenters. The van der Waals surface area contributed by atoms with Crippen LogP contribution < -0.4 is 5.32 Å². The number of carbonyl (C=O) groups is 3. The Morgan fingerprint density at radius 1 is 0.971 bits per heavy atom. The number of terminal acetylenes is 1. The summed E-state index contributed by atoms with van der Waals surface area (Å²) in [5.74, 6) is 1.01. The zero-order chi connectivity index (χ0) is 24.3. The van der Waals surface area contributed by atoms with Crippen LogP contribution in [0.4, 0.5) is 4.79 Å². The number of hydrogen-bond acceptors (Lipinski definition) is 4. The quantitative estimate of drug-likeness (QED) is 0.367. The number of fused-ring (bicyclic) bond motifs is 3. The van der Waals surface area contributed by atoms with Crippen molar-refractivity contribution < 1.29 is 24.2 Å². The number of benzene rings is 2. The van der Waals surface area contributed by atoms with Gasteiger partial charge in [-0.15, -0.1) is 6.42 Å². The van der Waals surface area contributed by atoms with E-state index in [1.54, 1.807) is 0 Å². The van der Waals surface area contributed by atoms with Crippen LogP contribution in [-0.2, 0) is 14.3 Å². The molecule has 2 amide bonds. The van der Waals surface area contributed by atoms with E-state index in [0.717, 1.165) is 19.3 Å². The summed E-state index contributed by atoms with van der Waals surface area (Å²) in [6, 6.07) is 16.4. The number of carboxylic acid groups (broad SMARTS) is 1. The summed E-state index contributed by atoms with van der Waals surface area (Å²) < 4.78 is 5.52. The van der Waals surface area contributed by atoms with E-state index in [4.69, 9.17) is 16.3 Å². The summed E-state index contributed by atoms with van der Waals surface area (Å²) in [5.41, 5.74) is 4.73. The van der Waals surface area contributed by atoms with E-state index < -0.39 is 12.1 Å². The predicted octanol–water partition coefficient (Wildman–Crippen LogP) is 4.02. The molecule has 7 nitrogen and oxygen atoms in total. The van der Waals surface area contributed by atoms with E-state index in [1.807, 2.05) is 24.3 Å². The molecule has 1 aliphatic carbocycles. The first-order chi connectivity index (χ1) is 16.5. The third kappa shape index (κ3) is 6.61. The number of nitrogens with zero attached hydrogens (tertiary/aromatic N) is 1. The smallest absolute Gasteiger partial charge is 0.407 e. The molecule has 0 heterocycles. The molecular weight excluding hydrogens is 432 g/mol. The summed E-state index contributed by atoms with van der Waals surface area (Å²) >= 11 is 0. The Bertz CT molecular complexity index is 1010. The van der Waals surface area contributed by atoms with Crippen molar-refractivity contribution in [2.45, 2.75) is 38.0 Å². The van der Waals surface area contributed by atoms with Gasteiger partial charge in [0.2, 0.25) is 5.91 Å². The lowest BCUT2D eigenvalue weighted by Gasteiger charge is -2.17. The van der Waals surface area contributed by atoms with Gasteiger partial charge in [-0.25, -0.2) is 4.79 Å². The van der Waals surface area contributed by atoms with E-state index in [0.29, 0.717) is 13.0 Å². The molecule has 0 aliphatic heterocycles. The second-order valence-corrected chi connectivity index (χ2v) is 8.26. The highest BCUT2D eigenvalue weighted by Gasteiger charge is 2.28. The number of unbranched alkanes of at least 4 members (excludes halogenated alkanes) is 3. The first kappa shape index (κ1) is 24.8. The first-order valence-electron chi connectivity index (χ1n) is 11.5. The minimum absolute atomic E-state index is 0.00477. The highest BCUT2D eigenvalue weighted by atomic mass is 16.5. The van der Waals surface area contributed by atoms with Gasteiger partial charge in [0.05, 0.1) is 6.54 Å². The number of rotatable bonds is 12. The Balaban J connectivity index is 1.32. The largest absolute Gasteiger partial charge is 0.480 e. The van der Waals surface area contributed by atoms with Gasteiger partial charge in [0.25, 0.3) is 0 Å². The van der Waals surface area contributed by atoms with Crippen LogP contribution in [0.2, 0.25) is 0 Å². The number of nitrogens with one attached hydrogen (secondary N) is 1. The minimum atomic E-state index is -1.08. The molecule has 0 aromatic heterocycles. The van der Waals surface area contributed by atoms with Crippen molar-refractivity contribution in [3.8, 4) is 23.5 Å². The van der Waals surface area contributed by atoms with Gasteiger partial charge in [-0.05, 0) is 35.1 Å². The van der Waals surface area contributed by atoms with Gasteiger partial charge < -0.3 is 20.1 Å². The van der Waals surface area contributed by atoms with Crippen molar-refractivity contribution in [3.05, 3.63) is 59.7 Å². The Kier molecular flexibility index (Phi) is 9.10. The molecule has 0 saturated heterocycles. The van der Waals surface area contributed by atoms with Crippen LogP contribution in [0.3, 0.4) is 0 Å². The molecular formula is C27H30N2O5. The molecule has 0 bridgehead atoms. The normalized spacial score (nSPS) is 11.7. The van der Waals surface area contributed by atoms with Crippen LogP contribution in [0, 0.1) is 12.3 Å². The van der Waals surface area contributed by atoms with Crippen LogP contribution in [0.25, 0.3) is 11.1 Å². The highest BCUT2D eigenvalue weighted by Crippen LogP contribution is 2.44. The minimum Gasteiger partial charge on any atom is -0.480 e. The molecule has 2 aromatic carbocycles. The average Bonchev–Trinajstić information content (AvgIpc) is 3.15. The van der Waals surface area contributed by atoms with Crippen molar-refractivity contribution in [2.75, 3.05) is 26.2 Å². The Hall–Kier alpha value is -3.79. The van der Waals surface area contributed by atoms with Gasteiger partial charge in [-0.1, -0.05) is 67.3 Å². The lowest BCUT2D eigenvalue weighted by Crippen LogP contribution is -2.35. The van der Waals surface area contributed by atoms with Gasteiger partial charge in [0.1, 0.15) is 13.2 Å². The van der Waals surface area contributed by atoms with E-state index in [1.165, 1.54) is 27.2 Å². The molecule has 7 heteroatoms. The first-order valence-corrected chi connectivity index (χ1v) is 11.5. The maximum Gasteiger partial charge on any atom is 0.407 e. The van der Waals surface area contributed by atoms with Gasteiger partial charge in [0, 0.05) is 18.9 Å². The number of carbonyl (C=O) groups excluding carboxylic acids is 2. The number of amides is 2. The molecule has 2 N–H and O–H groups in total. The maximum absolute atomic E-state index is 12.2. The van der Waals surface area contributed by atoms with Crippen molar-refractivity contribution in [3.63, 3.8) is 0 Å². The number of carboxylic acids is 1. The third-order valence-electron chi connectivity index (χ3n) is 5.89. The third-order valence-corrected chi connectivity index (χ3v) is 5.89. The van der Waals surface area contributed by atoms with E-state index in [-0.39, 0.29) is 37.9 Å². The van der Waals surface area contributed by atoms with Crippen molar-refractivity contribution >= 4 is 18.0 Å². The topological polar surface area (TPSA) is 95.9 Å². The lowest BCUT2D eigenvalue weighted by atomic mass is 9.98. The van der Waals surface area contributed by atoms with Gasteiger partial charge >= 0.3 is 12.1 Å². The molecule has 178 valence electrons. The Labute approximate surface area is 200 Å². The number of hydrogen-bond donors (Lipinski definition) is 2. The summed E-state index contributed by atoms with van der Waals surface area (Å²) in [6.07, 6.45) is 8.07. The highest BCUT2D eigenvalue weighted by molar-refractivity contribution is 5.81. The second-order valence-electron chi connectivity index (χ2n) is 8.26. The fourth-order valence-corrected chi connectivity index (χ4v) is 4.26. The average molecular weight is 463 g/mol. The molecule has 0 radical (unpaired) electrons. The summed E-state index contributed by atoms with van der Waals surface area (Å²) in [7, 11) is 0. The molecule has 3 rings (SSSR count). The molecule has 1 aliphatic rings. The fraction of sp³-hybridized carbons (Fsp3) is 0.370. The fourth-order valence-electron chi connectivity index (χ4n) is 4.26. The van der Waals surface area contributed by atoms with Crippen molar-refractivity contribution in [2.24, 2.45) is 0 Å². The monoisotopic (exact) mass is 462 g/mol. The van der Waals surface area contributed by atoms with Crippen molar-refractivity contribution in [1.82, 2.24) is 10.2 Å². The number of aliphatic carboxylic acids is 1. The van der Waals surface area contributed by atoms with E-state index in [9.17, 15) is 14.4 Å². The Morgan fingerprint density at radius 3 is 2.21 bits per heavy atom. The van der Waals surface area contributed by atoms with Crippen molar-refractivity contribution in [1.29, 1.82) is 0 Å². The SMILES string of the molecule is C#CCN(CC(=O)O)C(=O)CCCCCCNC(=O)OCC1c2ccccc2-c2ccccc21. The maximum atomic E-state index is 12.2. The zero-order valence-corrected chi connectivity index (χ0v) is 19.2. The zero-order valence-electron chi connectivity index (χ0n) is 19.2. The van der Waals surface area contributed by atoms with Gasteiger partial charge in [-0.2, -0.15) is 0 Å². The summed E-state index contributed by atoms with van der Waals surface area (Å²) in [5, 5.41) is 11.6. The molecule has 2 aromatic rings. The second kappa shape index (κ2) is 12.4. The van der Waals surface area contributed by atoms with E-state index >= 15 is 0 Å². The van der Waals surface area contributed by atoms with Crippen LogP contribution >= 0.6 is 0 Å². The van der Waals surface area contributed by atoms with Crippen LogP contribution in [0.5, 0.6) is 0 Å². The number of ether oxygens (including phenoxy) is 1. The van der Waals surface area contributed by atoms with Gasteiger partial charge in [0.15, 0.2) is 0 Å². The van der Waals surface area contributed by atoms with Crippen LogP contribution in [-0.4, -0.2) is 54.2 Å². The molecule has 0 atom stereocenters. The molecule has 0 saturated carbocycles. The standard InChI is InChI=1S/C27H30N2O5/c1-2-17-29(18-26(31)32)25(30)15-5-3-4-10-16-28-27(33)34-19-24-22-13-8-6-11-20(22)21-12-7-9-14-23(21)24/h1,6-9,11-14,24H,3-5,10,15-19H2,(H,28,33)(H,31,32). The summed E-state index contributed by atoms with van der Waals surface area (Å²) in [6.45, 7) is 0.390. The van der Waals surface area contributed by atoms with Gasteiger partial charge in [-0.3, -0.25) is 9.59 Å². The molecule has 34 heavy (non-hydrogen) atoms. The van der Waals surface area contributed by atoms with Crippen LogP contribution in [0.15, 0.2) is 48.5 Å².